The molecule has 1 heterocycles. The third-order valence-corrected chi connectivity index (χ3v) is 4.23. The Morgan fingerprint density at radius 1 is 0.857 bits per heavy atom. The first-order valence-corrected chi connectivity index (χ1v) is 7.43. The summed E-state index contributed by atoms with van der Waals surface area (Å²) in [6.45, 7) is 0. The van der Waals surface area contributed by atoms with Crippen molar-refractivity contribution in [3.8, 4) is 0 Å². The first-order valence-electron chi connectivity index (χ1n) is 6.20. The second-order valence-corrected chi connectivity index (χ2v) is 5.98. The van der Waals surface area contributed by atoms with Crippen LogP contribution in [-0.2, 0) is 0 Å². The minimum Gasteiger partial charge on any atom is -0.316 e. The van der Waals surface area contributed by atoms with E-state index >= 15 is 0 Å². The molecule has 0 aliphatic heterocycles. The summed E-state index contributed by atoms with van der Waals surface area (Å²) in [5.74, 6) is 0. The maximum atomic E-state index is 11.4. The molecule has 0 saturated carbocycles. The van der Waals surface area contributed by atoms with Crippen LogP contribution in [0.4, 0.5) is 0 Å². The van der Waals surface area contributed by atoms with Gasteiger partial charge in [-0.15, -0.1) is 11.6 Å². The predicted octanol–water partition coefficient (Wildman–Crippen LogP) is 3.31. The molecule has 3 aromatic rings. The van der Waals surface area contributed by atoms with Crippen molar-refractivity contribution in [1.29, 1.82) is 0 Å². The number of alkyl halides is 1. The molecule has 1 atom stereocenters. The fraction of sp³-hybridized carbons (Fsp3) is 0.0667. The van der Waals surface area contributed by atoms with Crippen molar-refractivity contribution in [3.05, 3.63) is 78.8 Å². The van der Waals surface area contributed by atoms with E-state index in [9.17, 15) is 9.59 Å². The number of hydrogen-bond acceptors (Lipinski definition) is 2. The Morgan fingerprint density at radius 3 is 2.10 bits per heavy atom. The highest BCUT2D eigenvalue weighted by Crippen LogP contribution is 2.30. The van der Waals surface area contributed by atoms with Gasteiger partial charge in [0.15, 0.2) is 0 Å². The number of aromatic amines is 2. The topological polar surface area (TPSA) is 65.7 Å². The van der Waals surface area contributed by atoms with E-state index in [4.69, 9.17) is 11.6 Å². The number of halogens is 2. The SMILES string of the molecule is O=c1[nH]c2ccc(C(Cl)c3ccc(Br)cc3)cc2[nH]c1=O. The fourth-order valence-electron chi connectivity index (χ4n) is 2.11. The van der Waals surface area contributed by atoms with Crippen molar-refractivity contribution in [2.75, 3.05) is 0 Å². The highest BCUT2D eigenvalue weighted by Gasteiger charge is 2.12. The quantitative estimate of drug-likeness (QED) is 0.540. The number of hydrogen-bond donors (Lipinski definition) is 2. The van der Waals surface area contributed by atoms with Crippen LogP contribution in [0.15, 0.2) is 56.5 Å². The normalized spacial score (nSPS) is 12.5. The van der Waals surface area contributed by atoms with Crippen LogP contribution in [0.1, 0.15) is 16.5 Å². The Hall–Kier alpha value is -1.85. The summed E-state index contributed by atoms with van der Waals surface area (Å²) in [4.78, 5) is 27.7. The molecule has 21 heavy (non-hydrogen) atoms. The molecule has 2 N–H and O–H groups in total. The van der Waals surface area contributed by atoms with Crippen LogP contribution in [0.5, 0.6) is 0 Å². The van der Waals surface area contributed by atoms with E-state index in [0.29, 0.717) is 11.0 Å². The van der Waals surface area contributed by atoms with E-state index in [1.165, 1.54) is 0 Å². The molecule has 0 saturated heterocycles. The van der Waals surface area contributed by atoms with Crippen LogP contribution in [-0.4, -0.2) is 9.97 Å². The average molecular weight is 366 g/mol. The van der Waals surface area contributed by atoms with Crippen LogP contribution >= 0.6 is 27.5 Å². The highest BCUT2D eigenvalue weighted by atomic mass is 79.9. The van der Waals surface area contributed by atoms with Gasteiger partial charge < -0.3 is 9.97 Å². The second kappa shape index (κ2) is 5.50. The van der Waals surface area contributed by atoms with Gasteiger partial charge in [-0.1, -0.05) is 34.1 Å². The molecule has 0 radical (unpaired) electrons. The van der Waals surface area contributed by atoms with Crippen LogP contribution < -0.4 is 11.1 Å². The minimum atomic E-state index is -0.672. The Bertz CT molecular complexity index is 915. The molecular weight excluding hydrogens is 356 g/mol. The molecule has 0 amide bonds. The third-order valence-electron chi connectivity index (χ3n) is 3.20. The largest absolute Gasteiger partial charge is 0.316 e. The van der Waals surface area contributed by atoms with Gasteiger partial charge in [0.2, 0.25) is 0 Å². The second-order valence-electron chi connectivity index (χ2n) is 4.63. The molecule has 6 heteroatoms. The zero-order valence-electron chi connectivity index (χ0n) is 10.7. The van der Waals surface area contributed by atoms with Gasteiger partial charge >= 0.3 is 11.1 Å². The molecule has 1 aromatic heterocycles. The molecule has 2 aromatic carbocycles. The maximum Gasteiger partial charge on any atom is 0.314 e. The molecule has 4 nitrogen and oxygen atoms in total. The lowest BCUT2D eigenvalue weighted by Gasteiger charge is -2.11. The van der Waals surface area contributed by atoms with Gasteiger partial charge in [-0.25, -0.2) is 0 Å². The summed E-state index contributed by atoms with van der Waals surface area (Å²) in [6.07, 6.45) is 0. The van der Waals surface area contributed by atoms with Crippen molar-refractivity contribution in [1.82, 2.24) is 9.97 Å². The van der Waals surface area contributed by atoms with Gasteiger partial charge in [0.1, 0.15) is 0 Å². The van der Waals surface area contributed by atoms with Crippen molar-refractivity contribution in [3.63, 3.8) is 0 Å². The first kappa shape index (κ1) is 14.1. The van der Waals surface area contributed by atoms with E-state index < -0.39 is 11.1 Å². The predicted molar refractivity (Wildman–Crippen MR) is 87.0 cm³/mol. The van der Waals surface area contributed by atoms with E-state index in [1.807, 2.05) is 30.3 Å². The zero-order valence-corrected chi connectivity index (χ0v) is 13.0. The van der Waals surface area contributed by atoms with Gasteiger partial charge in [0, 0.05) is 4.47 Å². The van der Waals surface area contributed by atoms with Crippen molar-refractivity contribution < 1.29 is 0 Å². The van der Waals surface area contributed by atoms with Crippen LogP contribution in [0, 0.1) is 0 Å². The standard InChI is InChI=1S/C15H10BrClN2O2/c16-10-4-1-8(2-5-10)13(17)9-3-6-11-12(7-9)19-15(21)14(20)18-11/h1-7,13H,(H,18,20)(H,19,21). The summed E-state index contributed by atoms with van der Waals surface area (Å²) in [5.41, 5.74) is 1.59. The maximum absolute atomic E-state index is 11.4. The number of aromatic nitrogens is 2. The summed E-state index contributed by atoms with van der Waals surface area (Å²) in [7, 11) is 0. The summed E-state index contributed by atoms with van der Waals surface area (Å²) < 4.78 is 0.982. The van der Waals surface area contributed by atoms with E-state index in [1.54, 1.807) is 12.1 Å². The minimum absolute atomic E-state index is 0.335. The van der Waals surface area contributed by atoms with Gasteiger partial charge in [-0.05, 0) is 35.4 Å². The lowest BCUT2D eigenvalue weighted by molar-refractivity contribution is 1.11. The van der Waals surface area contributed by atoms with Gasteiger partial charge in [-0.2, -0.15) is 0 Å². The average Bonchev–Trinajstić information content (AvgIpc) is 2.48. The van der Waals surface area contributed by atoms with Crippen LogP contribution in [0.2, 0.25) is 0 Å². The van der Waals surface area contributed by atoms with Gasteiger partial charge in [0.05, 0.1) is 16.4 Å². The number of nitrogens with one attached hydrogen (secondary N) is 2. The number of rotatable bonds is 2. The molecular formula is C15H10BrClN2O2. The lowest BCUT2D eigenvalue weighted by Crippen LogP contribution is -2.28. The van der Waals surface area contributed by atoms with Crippen molar-refractivity contribution in [2.24, 2.45) is 0 Å². The fourth-order valence-corrected chi connectivity index (χ4v) is 2.66. The van der Waals surface area contributed by atoms with Gasteiger partial charge in [0.25, 0.3) is 0 Å². The zero-order chi connectivity index (χ0) is 15.0. The molecule has 3 rings (SSSR count). The Morgan fingerprint density at radius 2 is 1.43 bits per heavy atom. The first-order chi connectivity index (χ1) is 10.0. The Kier molecular flexibility index (Phi) is 3.69. The molecule has 0 spiro atoms. The Labute approximate surface area is 132 Å². The molecule has 1 unspecified atom stereocenters. The van der Waals surface area contributed by atoms with E-state index in [2.05, 4.69) is 25.9 Å². The lowest BCUT2D eigenvalue weighted by atomic mass is 10.0. The number of benzene rings is 2. The molecule has 106 valence electrons. The number of H-pyrrole nitrogens is 2. The summed E-state index contributed by atoms with van der Waals surface area (Å²) >= 11 is 9.86. The monoisotopic (exact) mass is 364 g/mol. The van der Waals surface area contributed by atoms with E-state index in [0.717, 1.165) is 15.6 Å². The van der Waals surface area contributed by atoms with Crippen molar-refractivity contribution >= 4 is 38.6 Å². The van der Waals surface area contributed by atoms with E-state index in [-0.39, 0.29) is 5.38 Å². The molecule has 0 fully saturated rings. The smallest absolute Gasteiger partial charge is 0.314 e. The highest BCUT2D eigenvalue weighted by molar-refractivity contribution is 9.10. The summed E-state index contributed by atoms with van der Waals surface area (Å²) in [5, 5.41) is -0.335. The third kappa shape index (κ3) is 2.80. The molecule has 0 bridgehead atoms. The Balaban J connectivity index is 2.08. The molecule has 0 aliphatic carbocycles. The van der Waals surface area contributed by atoms with Crippen LogP contribution in [0.25, 0.3) is 11.0 Å². The van der Waals surface area contributed by atoms with Crippen molar-refractivity contribution in [2.45, 2.75) is 5.38 Å². The van der Waals surface area contributed by atoms with Crippen LogP contribution in [0.3, 0.4) is 0 Å². The van der Waals surface area contributed by atoms with Gasteiger partial charge in [-0.3, -0.25) is 9.59 Å². The molecule has 0 aliphatic rings. The summed E-state index contributed by atoms with van der Waals surface area (Å²) in [6, 6.07) is 13.0. The number of fused-ring (bicyclic) bond motifs is 1.